The summed E-state index contributed by atoms with van der Waals surface area (Å²) in [5, 5.41) is 3.25. The highest BCUT2D eigenvalue weighted by Crippen LogP contribution is 2.10. The van der Waals surface area contributed by atoms with Crippen molar-refractivity contribution in [1.82, 2.24) is 14.9 Å². The van der Waals surface area contributed by atoms with E-state index in [0.29, 0.717) is 11.8 Å². The Kier molecular flexibility index (Phi) is 5.39. The highest BCUT2D eigenvalue weighted by Gasteiger charge is 2.10. The number of likely N-dealkylation sites (tertiary alicyclic amines) is 1. The van der Waals surface area contributed by atoms with Crippen LogP contribution in [0.2, 0.25) is 0 Å². The van der Waals surface area contributed by atoms with E-state index < -0.39 is 0 Å². The smallest absolute Gasteiger partial charge is 0.225 e. The first-order valence-electron chi connectivity index (χ1n) is 7.20. The van der Waals surface area contributed by atoms with Crippen LogP contribution in [-0.2, 0) is 0 Å². The molecule has 2 heterocycles. The van der Waals surface area contributed by atoms with Crippen LogP contribution in [-0.4, -0.2) is 47.2 Å². The van der Waals surface area contributed by atoms with E-state index in [9.17, 15) is 0 Å². The molecule has 1 saturated heterocycles. The summed E-state index contributed by atoms with van der Waals surface area (Å²) < 4.78 is 5.54. The molecule has 0 spiro atoms. The number of nitrogens with zero attached hydrogens (tertiary/aromatic N) is 3. The van der Waals surface area contributed by atoms with Gasteiger partial charge in [0.15, 0.2) is 0 Å². The van der Waals surface area contributed by atoms with Gasteiger partial charge < -0.3 is 15.0 Å². The van der Waals surface area contributed by atoms with Crippen LogP contribution in [0.15, 0.2) is 12.3 Å². The average Bonchev–Trinajstić information content (AvgIpc) is 2.87. The number of hydrogen-bond acceptors (Lipinski definition) is 5. The predicted molar refractivity (Wildman–Crippen MR) is 76.6 cm³/mol. The summed E-state index contributed by atoms with van der Waals surface area (Å²) in [5.74, 6) is 1.28. The van der Waals surface area contributed by atoms with E-state index in [1.807, 2.05) is 13.8 Å². The maximum absolute atomic E-state index is 5.54. The summed E-state index contributed by atoms with van der Waals surface area (Å²) in [6.45, 7) is 8.57. The monoisotopic (exact) mass is 264 g/mol. The zero-order valence-corrected chi connectivity index (χ0v) is 11.9. The van der Waals surface area contributed by atoms with Gasteiger partial charge in [-0.15, -0.1) is 0 Å². The summed E-state index contributed by atoms with van der Waals surface area (Å²) in [5.41, 5.74) is 0. The van der Waals surface area contributed by atoms with E-state index in [4.69, 9.17) is 4.74 Å². The number of hydrogen-bond donors (Lipinski definition) is 1. The molecule has 1 fully saturated rings. The van der Waals surface area contributed by atoms with Crippen molar-refractivity contribution >= 4 is 5.95 Å². The maximum atomic E-state index is 5.54. The van der Waals surface area contributed by atoms with E-state index in [2.05, 4.69) is 20.2 Å². The molecule has 0 atom stereocenters. The Bertz CT molecular complexity index is 377. The molecule has 106 valence electrons. The van der Waals surface area contributed by atoms with Crippen LogP contribution >= 0.6 is 0 Å². The second-order valence-electron chi connectivity index (χ2n) is 5.21. The van der Waals surface area contributed by atoms with Gasteiger partial charge in [0.2, 0.25) is 11.8 Å². The van der Waals surface area contributed by atoms with Crippen LogP contribution in [0.25, 0.3) is 0 Å². The zero-order chi connectivity index (χ0) is 13.5. The maximum Gasteiger partial charge on any atom is 0.225 e. The fraction of sp³-hybridized carbons (Fsp3) is 0.714. The van der Waals surface area contributed by atoms with E-state index in [1.54, 1.807) is 12.3 Å². The molecule has 1 aliphatic rings. The lowest BCUT2D eigenvalue weighted by atomic mass is 10.4. The molecule has 2 rings (SSSR count). The van der Waals surface area contributed by atoms with Crippen molar-refractivity contribution in [3.05, 3.63) is 12.3 Å². The molecule has 1 aromatic heterocycles. The highest BCUT2D eigenvalue weighted by molar-refractivity contribution is 5.27. The molecule has 0 unspecified atom stereocenters. The first kappa shape index (κ1) is 14.1. The summed E-state index contributed by atoms with van der Waals surface area (Å²) >= 11 is 0. The first-order chi connectivity index (χ1) is 9.24. The van der Waals surface area contributed by atoms with Crippen molar-refractivity contribution in [1.29, 1.82) is 0 Å². The van der Waals surface area contributed by atoms with Gasteiger partial charge in [-0.1, -0.05) is 0 Å². The molecule has 0 amide bonds. The number of ether oxygens (including phenoxy) is 1. The van der Waals surface area contributed by atoms with Gasteiger partial charge in [0.05, 0.1) is 6.10 Å². The lowest BCUT2D eigenvalue weighted by molar-refractivity contribution is 0.232. The normalized spacial score (nSPS) is 15.9. The molecule has 0 aliphatic carbocycles. The Morgan fingerprint density at radius 1 is 1.37 bits per heavy atom. The summed E-state index contributed by atoms with van der Waals surface area (Å²) in [4.78, 5) is 11.0. The molecular weight excluding hydrogens is 240 g/mol. The standard InChI is InChI=1S/C14H24N4O/c1-12(2)19-13-6-8-16-14(17-13)15-7-5-11-18-9-3-4-10-18/h6,8,12H,3-5,7,9-11H2,1-2H3,(H,15,16,17). The fourth-order valence-electron chi connectivity index (χ4n) is 2.24. The minimum atomic E-state index is 0.137. The minimum Gasteiger partial charge on any atom is -0.475 e. The van der Waals surface area contributed by atoms with Crippen LogP contribution in [0.4, 0.5) is 5.95 Å². The third kappa shape index (κ3) is 5.03. The van der Waals surface area contributed by atoms with Gasteiger partial charge in [-0.25, -0.2) is 4.98 Å². The van der Waals surface area contributed by atoms with Crippen molar-refractivity contribution in [2.75, 3.05) is 31.5 Å². The Morgan fingerprint density at radius 3 is 2.89 bits per heavy atom. The summed E-state index contributed by atoms with van der Waals surface area (Å²) in [7, 11) is 0. The van der Waals surface area contributed by atoms with Gasteiger partial charge >= 0.3 is 0 Å². The van der Waals surface area contributed by atoms with Crippen molar-refractivity contribution in [2.45, 2.75) is 39.2 Å². The van der Waals surface area contributed by atoms with Crippen LogP contribution < -0.4 is 10.1 Å². The Morgan fingerprint density at radius 2 is 2.16 bits per heavy atom. The molecule has 19 heavy (non-hydrogen) atoms. The molecule has 1 aromatic rings. The number of nitrogens with one attached hydrogen (secondary N) is 1. The van der Waals surface area contributed by atoms with Crippen LogP contribution in [0.3, 0.4) is 0 Å². The molecule has 0 radical (unpaired) electrons. The highest BCUT2D eigenvalue weighted by atomic mass is 16.5. The number of anilines is 1. The van der Waals surface area contributed by atoms with E-state index >= 15 is 0 Å². The Balaban J connectivity index is 1.69. The molecule has 0 aromatic carbocycles. The lowest BCUT2D eigenvalue weighted by Gasteiger charge is -2.14. The molecule has 0 bridgehead atoms. The van der Waals surface area contributed by atoms with Crippen molar-refractivity contribution in [3.8, 4) is 5.88 Å². The molecule has 1 N–H and O–H groups in total. The minimum absolute atomic E-state index is 0.137. The van der Waals surface area contributed by atoms with Gasteiger partial charge in [-0.2, -0.15) is 4.98 Å². The Labute approximate surface area is 115 Å². The van der Waals surface area contributed by atoms with Gasteiger partial charge in [0, 0.05) is 18.8 Å². The first-order valence-corrected chi connectivity index (χ1v) is 7.20. The number of rotatable bonds is 7. The second kappa shape index (κ2) is 7.28. The predicted octanol–water partition coefficient (Wildman–Crippen LogP) is 2.16. The van der Waals surface area contributed by atoms with Crippen molar-refractivity contribution in [3.63, 3.8) is 0 Å². The Hall–Kier alpha value is -1.36. The third-order valence-electron chi connectivity index (χ3n) is 3.12. The lowest BCUT2D eigenvalue weighted by Crippen LogP contribution is -2.22. The average molecular weight is 264 g/mol. The molecule has 1 aliphatic heterocycles. The van der Waals surface area contributed by atoms with Gasteiger partial charge in [0.1, 0.15) is 0 Å². The fourth-order valence-corrected chi connectivity index (χ4v) is 2.24. The molecular formula is C14H24N4O. The quantitative estimate of drug-likeness (QED) is 0.765. The zero-order valence-electron chi connectivity index (χ0n) is 11.9. The van der Waals surface area contributed by atoms with E-state index in [1.165, 1.54) is 25.9 Å². The van der Waals surface area contributed by atoms with Gasteiger partial charge in [-0.05, 0) is 52.7 Å². The topological polar surface area (TPSA) is 50.3 Å². The van der Waals surface area contributed by atoms with Gasteiger partial charge in [0.25, 0.3) is 0 Å². The van der Waals surface area contributed by atoms with Crippen LogP contribution in [0.1, 0.15) is 33.1 Å². The molecule has 5 nitrogen and oxygen atoms in total. The van der Waals surface area contributed by atoms with Crippen molar-refractivity contribution in [2.24, 2.45) is 0 Å². The van der Waals surface area contributed by atoms with E-state index in [0.717, 1.165) is 19.5 Å². The van der Waals surface area contributed by atoms with E-state index in [-0.39, 0.29) is 6.10 Å². The third-order valence-corrected chi connectivity index (χ3v) is 3.12. The summed E-state index contributed by atoms with van der Waals surface area (Å²) in [6, 6.07) is 1.79. The summed E-state index contributed by atoms with van der Waals surface area (Å²) in [6.07, 6.45) is 5.69. The molecule has 0 saturated carbocycles. The number of aromatic nitrogens is 2. The second-order valence-corrected chi connectivity index (χ2v) is 5.21. The van der Waals surface area contributed by atoms with Gasteiger partial charge in [-0.3, -0.25) is 0 Å². The SMILES string of the molecule is CC(C)Oc1ccnc(NCCCN2CCCC2)n1. The molecule has 5 heteroatoms. The van der Waals surface area contributed by atoms with Crippen molar-refractivity contribution < 1.29 is 4.74 Å². The largest absolute Gasteiger partial charge is 0.475 e. The van der Waals surface area contributed by atoms with Crippen LogP contribution in [0, 0.1) is 0 Å². The van der Waals surface area contributed by atoms with Crippen LogP contribution in [0.5, 0.6) is 5.88 Å².